The van der Waals surface area contributed by atoms with E-state index >= 15 is 0 Å². The normalized spacial score (nSPS) is 19.0. The second kappa shape index (κ2) is 7.08. The number of anilines is 1. The molecular formula is C15H22N4O2. The molecule has 0 saturated carbocycles. The lowest BCUT2D eigenvalue weighted by molar-refractivity contribution is -0.119. The van der Waals surface area contributed by atoms with Gasteiger partial charge in [0, 0.05) is 30.7 Å². The van der Waals surface area contributed by atoms with Crippen LogP contribution in [0.3, 0.4) is 0 Å². The molecule has 0 radical (unpaired) electrons. The fourth-order valence-electron chi connectivity index (χ4n) is 2.27. The Morgan fingerprint density at radius 2 is 2.29 bits per heavy atom. The highest BCUT2D eigenvalue weighted by Gasteiger charge is 2.20. The average molecular weight is 290 g/mol. The molecule has 114 valence electrons. The van der Waals surface area contributed by atoms with Crippen LogP contribution in [0.4, 0.5) is 10.5 Å². The summed E-state index contributed by atoms with van der Waals surface area (Å²) in [5.41, 5.74) is 1.86. The number of hydrogen-bond donors (Lipinski definition) is 4. The van der Waals surface area contributed by atoms with Gasteiger partial charge in [-0.15, -0.1) is 0 Å². The minimum Gasteiger partial charge on any atom is -0.352 e. The number of urea groups is 1. The van der Waals surface area contributed by atoms with E-state index in [1.54, 1.807) is 0 Å². The Hall–Kier alpha value is -2.08. The van der Waals surface area contributed by atoms with Crippen LogP contribution in [-0.4, -0.2) is 31.6 Å². The zero-order valence-corrected chi connectivity index (χ0v) is 12.4. The van der Waals surface area contributed by atoms with Crippen LogP contribution in [0.25, 0.3) is 0 Å². The van der Waals surface area contributed by atoms with Crippen molar-refractivity contribution in [3.05, 3.63) is 29.8 Å². The van der Waals surface area contributed by atoms with Gasteiger partial charge in [0.25, 0.3) is 0 Å². The molecule has 1 heterocycles. The van der Waals surface area contributed by atoms with E-state index in [9.17, 15) is 9.59 Å². The van der Waals surface area contributed by atoms with E-state index in [1.807, 2.05) is 31.3 Å². The molecule has 1 aliphatic rings. The summed E-state index contributed by atoms with van der Waals surface area (Å²) in [7, 11) is 1.90. The molecule has 1 fully saturated rings. The lowest BCUT2D eigenvalue weighted by atomic mass is 10.1. The van der Waals surface area contributed by atoms with Crippen molar-refractivity contribution in [3.63, 3.8) is 0 Å². The first-order chi connectivity index (χ1) is 10.1. The van der Waals surface area contributed by atoms with Crippen molar-refractivity contribution in [1.29, 1.82) is 0 Å². The number of hydrogen-bond acceptors (Lipinski definition) is 3. The predicted octanol–water partition coefficient (Wildman–Crippen LogP) is 1.37. The molecule has 1 aliphatic heterocycles. The third-order valence-corrected chi connectivity index (χ3v) is 3.67. The molecule has 4 N–H and O–H groups in total. The summed E-state index contributed by atoms with van der Waals surface area (Å²) in [6, 6.07) is 7.72. The zero-order chi connectivity index (χ0) is 15.2. The molecule has 1 aromatic carbocycles. The molecule has 2 atom stereocenters. The second-order valence-electron chi connectivity index (χ2n) is 5.27. The molecule has 2 unspecified atom stereocenters. The van der Waals surface area contributed by atoms with Gasteiger partial charge in [-0.2, -0.15) is 0 Å². The first-order valence-corrected chi connectivity index (χ1v) is 7.20. The van der Waals surface area contributed by atoms with Crippen LogP contribution in [0, 0.1) is 0 Å². The molecular weight excluding hydrogens is 268 g/mol. The Balaban J connectivity index is 1.83. The van der Waals surface area contributed by atoms with Crippen LogP contribution in [0.15, 0.2) is 24.3 Å². The van der Waals surface area contributed by atoms with E-state index in [0.717, 1.165) is 17.7 Å². The van der Waals surface area contributed by atoms with Gasteiger partial charge >= 0.3 is 6.03 Å². The largest absolute Gasteiger partial charge is 0.352 e. The van der Waals surface area contributed by atoms with Gasteiger partial charge in [-0.3, -0.25) is 4.79 Å². The third kappa shape index (κ3) is 4.46. The fraction of sp³-hybridized carbons (Fsp3) is 0.467. The minimum absolute atomic E-state index is 0.0406. The Labute approximate surface area is 124 Å². The minimum atomic E-state index is -0.259. The van der Waals surface area contributed by atoms with Gasteiger partial charge in [-0.1, -0.05) is 12.1 Å². The molecule has 0 spiro atoms. The van der Waals surface area contributed by atoms with Gasteiger partial charge in [-0.25, -0.2) is 4.79 Å². The lowest BCUT2D eigenvalue weighted by Crippen LogP contribution is -2.40. The van der Waals surface area contributed by atoms with Crippen LogP contribution < -0.4 is 21.3 Å². The van der Waals surface area contributed by atoms with Gasteiger partial charge in [0.1, 0.15) is 0 Å². The first-order valence-electron chi connectivity index (χ1n) is 7.20. The number of carbonyl (C=O) groups is 2. The number of carbonyl (C=O) groups excluding carboxylic acids is 2. The molecule has 6 heteroatoms. The topological polar surface area (TPSA) is 82.3 Å². The van der Waals surface area contributed by atoms with Crippen LogP contribution in [-0.2, 0) is 4.79 Å². The standard InChI is InChI=1S/C15H22N4O2/c1-10(16-2)11-4-3-5-12(8-11)19-15(21)17-9-13-6-7-14(20)18-13/h3-5,8,10,13,16H,6-7,9H2,1-2H3,(H,18,20)(H2,17,19,21). The van der Waals surface area contributed by atoms with Gasteiger partial charge in [0.2, 0.25) is 5.91 Å². The van der Waals surface area contributed by atoms with E-state index in [4.69, 9.17) is 0 Å². The quantitative estimate of drug-likeness (QED) is 0.661. The maximum atomic E-state index is 11.9. The summed E-state index contributed by atoms with van der Waals surface area (Å²) in [5.74, 6) is 0.0518. The highest BCUT2D eigenvalue weighted by atomic mass is 16.2. The van der Waals surface area contributed by atoms with Crippen molar-refractivity contribution in [2.75, 3.05) is 18.9 Å². The van der Waals surface area contributed by atoms with Crippen molar-refractivity contribution < 1.29 is 9.59 Å². The molecule has 0 aliphatic carbocycles. The molecule has 2 rings (SSSR count). The van der Waals surface area contributed by atoms with E-state index < -0.39 is 0 Å². The van der Waals surface area contributed by atoms with Gasteiger partial charge in [0.05, 0.1) is 0 Å². The zero-order valence-electron chi connectivity index (χ0n) is 12.4. The smallest absolute Gasteiger partial charge is 0.319 e. The van der Waals surface area contributed by atoms with Crippen LogP contribution >= 0.6 is 0 Å². The van der Waals surface area contributed by atoms with Gasteiger partial charge in [0.15, 0.2) is 0 Å². The van der Waals surface area contributed by atoms with E-state index in [-0.39, 0.29) is 24.0 Å². The van der Waals surface area contributed by atoms with Crippen LogP contribution in [0.5, 0.6) is 0 Å². The third-order valence-electron chi connectivity index (χ3n) is 3.67. The van der Waals surface area contributed by atoms with Gasteiger partial charge < -0.3 is 21.3 Å². The summed E-state index contributed by atoms with van der Waals surface area (Å²) in [5, 5.41) is 11.6. The summed E-state index contributed by atoms with van der Waals surface area (Å²) in [6.07, 6.45) is 1.31. The molecule has 1 saturated heterocycles. The predicted molar refractivity (Wildman–Crippen MR) is 82.1 cm³/mol. The van der Waals surface area contributed by atoms with E-state index in [0.29, 0.717) is 13.0 Å². The molecule has 0 bridgehead atoms. The lowest BCUT2D eigenvalue weighted by Gasteiger charge is -2.14. The number of benzene rings is 1. The Morgan fingerprint density at radius 1 is 1.48 bits per heavy atom. The maximum Gasteiger partial charge on any atom is 0.319 e. The molecule has 6 nitrogen and oxygen atoms in total. The maximum absolute atomic E-state index is 11.9. The SMILES string of the molecule is CNC(C)c1cccc(NC(=O)NCC2CCC(=O)N2)c1. The van der Waals surface area contributed by atoms with Crippen molar-refractivity contribution in [2.24, 2.45) is 0 Å². The highest BCUT2D eigenvalue weighted by molar-refractivity contribution is 5.89. The fourth-order valence-corrected chi connectivity index (χ4v) is 2.27. The van der Waals surface area contributed by atoms with Crippen LogP contribution in [0.2, 0.25) is 0 Å². The molecule has 1 aromatic rings. The van der Waals surface area contributed by atoms with E-state index in [1.165, 1.54) is 0 Å². The van der Waals surface area contributed by atoms with Gasteiger partial charge in [-0.05, 0) is 38.1 Å². The Bertz CT molecular complexity index is 518. The highest BCUT2D eigenvalue weighted by Crippen LogP contribution is 2.16. The summed E-state index contributed by atoms with van der Waals surface area (Å²) < 4.78 is 0. The summed E-state index contributed by atoms with van der Waals surface area (Å²) in [6.45, 7) is 2.51. The van der Waals surface area contributed by atoms with E-state index in [2.05, 4.69) is 28.2 Å². The van der Waals surface area contributed by atoms with Crippen molar-refractivity contribution in [1.82, 2.24) is 16.0 Å². The number of nitrogens with one attached hydrogen (secondary N) is 4. The molecule has 21 heavy (non-hydrogen) atoms. The van der Waals surface area contributed by atoms with Crippen molar-refractivity contribution in [3.8, 4) is 0 Å². The molecule has 3 amide bonds. The first kappa shape index (κ1) is 15.3. The Morgan fingerprint density at radius 3 is 2.95 bits per heavy atom. The second-order valence-corrected chi connectivity index (χ2v) is 5.27. The summed E-state index contributed by atoms with van der Waals surface area (Å²) in [4.78, 5) is 22.9. The monoisotopic (exact) mass is 290 g/mol. The Kier molecular flexibility index (Phi) is 5.16. The number of rotatable bonds is 5. The summed E-state index contributed by atoms with van der Waals surface area (Å²) >= 11 is 0. The number of amides is 3. The van der Waals surface area contributed by atoms with Crippen LogP contribution in [0.1, 0.15) is 31.4 Å². The molecule has 0 aromatic heterocycles. The van der Waals surface area contributed by atoms with Crippen molar-refractivity contribution >= 4 is 17.6 Å². The average Bonchev–Trinajstić information content (AvgIpc) is 2.90. The van der Waals surface area contributed by atoms with Crippen molar-refractivity contribution in [2.45, 2.75) is 31.8 Å².